The molecule has 0 bridgehead atoms. The van der Waals surface area contributed by atoms with Crippen molar-refractivity contribution in [2.45, 2.75) is 6.92 Å². The number of benzene rings is 8. The van der Waals surface area contributed by atoms with E-state index in [2.05, 4.69) is 36.4 Å². The highest BCUT2D eigenvalue weighted by Crippen LogP contribution is 2.55. The summed E-state index contributed by atoms with van der Waals surface area (Å²) in [4.78, 5) is 26.0. The summed E-state index contributed by atoms with van der Waals surface area (Å²) < 4.78 is 294. The predicted octanol–water partition coefficient (Wildman–Crippen LogP) is 10.9. The zero-order valence-corrected chi connectivity index (χ0v) is 38.5. The Morgan fingerprint density at radius 3 is 0.724 bits per heavy atom. The molecule has 0 unspecified atom stereocenters. The van der Waals surface area contributed by atoms with Gasteiger partial charge in [0.25, 0.3) is 0 Å². The second-order valence-electron chi connectivity index (χ2n) is 16.3. The van der Waals surface area contributed by atoms with Crippen LogP contribution < -0.4 is 37.8 Å². The molecule has 0 amide bonds. The number of Topliss-reactive ketones (excluding diaryl/α,β-unsaturated/α-hetero) is 2. The van der Waals surface area contributed by atoms with Gasteiger partial charge >= 0.3 is 0 Å². The van der Waals surface area contributed by atoms with Crippen LogP contribution in [-0.2, 0) is 0 Å². The molecule has 0 heterocycles. The Morgan fingerprint density at radius 2 is 0.500 bits per heavy atom. The Morgan fingerprint density at radius 1 is 0.303 bits per heavy atom. The fourth-order valence-corrected chi connectivity index (χ4v) is 13.1. The van der Waals surface area contributed by atoms with Crippen LogP contribution in [0.1, 0.15) is 27.6 Å². The van der Waals surface area contributed by atoms with Gasteiger partial charge < -0.3 is 0 Å². The smallest absolute Gasteiger partial charge is 0.201 e. The van der Waals surface area contributed by atoms with Crippen molar-refractivity contribution in [3.05, 3.63) is 243 Å². The van der Waals surface area contributed by atoms with Crippen LogP contribution in [0.3, 0.4) is 0 Å². The Hall–Kier alpha value is -7.81. The summed E-state index contributed by atoms with van der Waals surface area (Å²) in [6.45, 7) is 1.51. The third kappa shape index (κ3) is 8.86. The number of ketones is 2. The van der Waals surface area contributed by atoms with Crippen molar-refractivity contribution in [3.63, 3.8) is 0 Å². The van der Waals surface area contributed by atoms with E-state index in [1.807, 2.05) is 66.7 Å². The van der Waals surface area contributed by atoms with E-state index in [1.54, 1.807) is 12.1 Å². The van der Waals surface area contributed by atoms with E-state index in [0.29, 0.717) is 17.3 Å². The van der Waals surface area contributed by atoms with Crippen LogP contribution in [0.2, 0.25) is 0 Å². The summed E-state index contributed by atoms with van der Waals surface area (Å²) in [7, 11) is -2.29. The predicted molar refractivity (Wildman–Crippen MR) is 240 cm³/mol. The molecular weight excluding hydrogens is 1080 g/mol. The van der Waals surface area contributed by atoms with E-state index < -0.39 is 152 Å². The van der Waals surface area contributed by atoms with Crippen molar-refractivity contribution in [1.82, 2.24) is 0 Å². The quantitative estimate of drug-likeness (QED) is 0.0323. The van der Waals surface area contributed by atoms with Gasteiger partial charge in [-0.2, -0.15) is 0 Å². The first-order valence-electron chi connectivity index (χ1n) is 21.2. The lowest BCUT2D eigenvalue weighted by Gasteiger charge is -2.44. The van der Waals surface area contributed by atoms with E-state index in [9.17, 15) is 62.3 Å². The van der Waals surface area contributed by atoms with Gasteiger partial charge in [0.05, 0.1) is 0 Å². The van der Waals surface area contributed by atoms with Crippen LogP contribution in [0.5, 0.6) is 0 Å². The molecule has 0 radical (unpaired) electrons. The van der Waals surface area contributed by atoms with Gasteiger partial charge in [-0.3, -0.25) is 9.59 Å². The highest BCUT2D eigenvalue weighted by atomic mass is 31.2. The largest absolute Gasteiger partial charge is 0.294 e. The molecule has 0 aromatic heterocycles. The molecule has 0 atom stereocenters. The summed E-state index contributed by atoms with van der Waals surface area (Å²) in [6, 6.07) is 38.1. The molecule has 0 aliphatic carbocycles. The molecule has 8 rings (SSSR count). The van der Waals surface area contributed by atoms with Crippen molar-refractivity contribution < 1.29 is 97.4 Å². The molecule has 392 valence electrons. The molecule has 24 heteroatoms. The maximum atomic E-state index is 15.4. The fourth-order valence-electron chi connectivity index (χ4n) is 8.98. The number of halogens is 20. The van der Waals surface area contributed by atoms with Crippen LogP contribution in [0, 0.1) is 116 Å². The van der Waals surface area contributed by atoms with Crippen LogP contribution >= 0.6 is 7.26 Å². The maximum absolute atomic E-state index is 15.4. The fraction of sp³-hybridized carbons (Fsp3) is 0.0385. The van der Waals surface area contributed by atoms with Gasteiger partial charge in [0, 0.05) is 11.1 Å². The van der Waals surface area contributed by atoms with E-state index >= 15 is 35.1 Å². The van der Waals surface area contributed by atoms with Gasteiger partial charge in [-0.15, -0.1) is 21.9 Å². The molecule has 0 aliphatic rings. The molecule has 0 saturated carbocycles. The maximum Gasteiger partial charge on any atom is 0.201 e. The van der Waals surface area contributed by atoms with Crippen molar-refractivity contribution >= 4 is 62.7 Å². The summed E-state index contributed by atoms with van der Waals surface area (Å²) in [5, 5.41) is 3.46. The first-order chi connectivity index (χ1) is 35.8. The van der Waals surface area contributed by atoms with Crippen LogP contribution in [0.4, 0.5) is 87.8 Å². The molecular formula is C52H24BF20O2P. The van der Waals surface area contributed by atoms with Crippen molar-refractivity contribution in [3.8, 4) is 0 Å². The average molecular weight is 1100 g/mol. The van der Waals surface area contributed by atoms with Crippen LogP contribution in [0.25, 0.3) is 0 Å². The van der Waals surface area contributed by atoms with E-state index in [4.69, 9.17) is 0 Å². The molecule has 0 aliphatic heterocycles. The number of hydrogen-bond donors (Lipinski definition) is 0. The second-order valence-corrected chi connectivity index (χ2v) is 19.8. The first-order valence-corrected chi connectivity index (χ1v) is 23.2. The van der Waals surface area contributed by atoms with Crippen LogP contribution in [-0.4, -0.2) is 23.9 Å². The third-order valence-corrected chi connectivity index (χ3v) is 16.6. The first kappa shape index (κ1) is 55.9. The lowest BCUT2D eigenvalue weighted by molar-refractivity contribution is 0.0982. The molecule has 2 nitrogen and oxygen atoms in total. The summed E-state index contributed by atoms with van der Waals surface area (Å²) in [6.07, 6.45) is -6.89. The second kappa shape index (κ2) is 21.4. The normalized spacial score (nSPS) is 11.6. The minimum Gasteiger partial charge on any atom is -0.294 e. The van der Waals surface area contributed by atoms with Gasteiger partial charge in [-0.25, -0.2) is 87.8 Å². The summed E-state index contributed by atoms with van der Waals surface area (Å²) in [5.41, 5.74) is -13.3. The molecule has 0 fully saturated rings. The van der Waals surface area contributed by atoms with E-state index in [1.165, 1.54) is 6.92 Å². The SMILES string of the molecule is CC(=O)c1ccccc1C(=O)C[P+](c1ccccc1)(c1ccccc1)c1ccccc1.Fc1c(F)c(F)c([B-](c2c(F)c(F)c(F)c(F)c2F)(c2c(F)c(F)c(F)c(F)c2F)c2c(F)c(F)c(F)c(F)c2F)c(F)c1F. The Kier molecular flexibility index (Phi) is 15.8. The molecule has 0 N–H and O–H groups in total. The third-order valence-electron chi connectivity index (χ3n) is 12.3. The highest BCUT2D eigenvalue weighted by Gasteiger charge is 2.53. The highest BCUT2D eigenvalue weighted by molar-refractivity contribution is 7.96. The Bertz CT molecular complexity index is 3140. The van der Waals surface area contributed by atoms with Gasteiger partial charge in [0.2, 0.25) is 5.78 Å². The van der Waals surface area contributed by atoms with E-state index in [0.717, 1.165) is 15.9 Å². The van der Waals surface area contributed by atoms with Gasteiger partial charge in [-0.1, -0.05) is 78.9 Å². The Labute approximate surface area is 415 Å². The zero-order valence-electron chi connectivity index (χ0n) is 37.6. The molecule has 8 aromatic rings. The lowest BCUT2D eigenvalue weighted by Crippen LogP contribution is -2.81. The monoisotopic (exact) mass is 1100 g/mol. The van der Waals surface area contributed by atoms with E-state index in [-0.39, 0.29) is 11.6 Å². The summed E-state index contributed by atoms with van der Waals surface area (Å²) in [5.74, 6) is -71.5. The molecule has 8 aromatic carbocycles. The van der Waals surface area contributed by atoms with Crippen LogP contribution in [0.15, 0.2) is 115 Å². The van der Waals surface area contributed by atoms with Gasteiger partial charge in [0.1, 0.15) is 82.0 Å². The minimum absolute atomic E-state index is 0.00399. The standard InChI is InChI=1S/C28H24O2P.C24BF20/c1-22(29)26-19-11-12-20-27(26)28(30)21-31(23-13-5-2-6-14-23,24-15-7-3-8-16-24)25-17-9-4-10-18-25;26-5-1(6(27)14(35)21(42)13(5)34)25(2-7(28)15(36)22(43)16(37)8(2)29,3-9(30)17(38)23(44)18(39)10(3)31)4-11(32)19(40)24(45)20(41)12(4)33/h2-20H,21H2,1H3;/q+1;-1. The lowest BCUT2D eigenvalue weighted by atomic mass is 9.12. The molecule has 0 spiro atoms. The minimum atomic E-state index is -7.22. The average Bonchev–Trinajstić information content (AvgIpc) is 3.43. The van der Waals surface area contributed by atoms with Crippen molar-refractivity contribution in [1.29, 1.82) is 0 Å². The van der Waals surface area contributed by atoms with Crippen molar-refractivity contribution in [2.24, 2.45) is 0 Å². The zero-order chi connectivity index (χ0) is 56.0. The summed E-state index contributed by atoms with van der Waals surface area (Å²) >= 11 is 0. The van der Waals surface area contributed by atoms with Gasteiger partial charge in [0.15, 0.2) is 75.6 Å². The Balaban J connectivity index is 0.000000236. The number of carbonyl (C=O) groups is 2. The molecule has 76 heavy (non-hydrogen) atoms. The number of rotatable bonds is 11. The van der Waals surface area contributed by atoms with Gasteiger partial charge in [-0.05, 0) is 43.3 Å². The topological polar surface area (TPSA) is 34.1 Å². The number of hydrogen-bond acceptors (Lipinski definition) is 2. The molecule has 0 saturated heterocycles. The van der Waals surface area contributed by atoms with Crippen molar-refractivity contribution in [2.75, 3.05) is 6.16 Å². The number of carbonyl (C=O) groups excluding carboxylic acids is 2.